The van der Waals surface area contributed by atoms with Crippen molar-refractivity contribution in [2.24, 2.45) is 4.99 Å². The van der Waals surface area contributed by atoms with E-state index in [2.05, 4.69) is 4.99 Å². The Kier molecular flexibility index (Phi) is 1.35. The van der Waals surface area contributed by atoms with Crippen molar-refractivity contribution in [2.45, 2.75) is 13.2 Å². The zero-order chi connectivity index (χ0) is 5.28. The van der Waals surface area contributed by atoms with Crippen molar-refractivity contribution in [2.75, 3.05) is 5.75 Å². The van der Waals surface area contributed by atoms with Crippen LogP contribution in [0.1, 0.15) is 6.92 Å². The quantitative estimate of drug-likeness (QED) is 0.463. The summed E-state index contributed by atoms with van der Waals surface area (Å²) in [5.74, 6) is 0.631. The van der Waals surface area contributed by atoms with E-state index in [1.807, 2.05) is 6.92 Å². The standard InChI is InChI=1S/C4H6NOS/c1-3-5-4(6)2-7-3/h4H,2H2,1H3. The van der Waals surface area contributed by atoms with Gasteiger partial charge in [-0.15, -0.1) is 11.8 Å². The molecule has 0 saturated carbocycles. The lowest BCUT2D eigenvalue weighted by atomic mass is 10.7. The molecule has 0 bridgehead atoms. The third kappa shape index (κ3) is 1.17. The van der Waals surface area contributed by atoms with Crippen LogP contribution < -0.4 is 0 Å². The highest BCUT2D eigenvalue weighted by molar-refractivity contribution is 8.14. The third-order valence-electron chi connectivity index (χ3n) is 0.761. The van der Waals surface area contributed by atoms with Crippen LogP contribution in [0.25, 0.3) is 0 Å². The molecule has 0 spiro atoms. The van der Waals surface area contributed by atoms with Crippen molar-refractivity contribution in [3.05, 3.63) is 0 Å². The maximum absolute atomic E-state index is 10.3. The van der Waals surface area contributed by atoms with E-state index < -0.39 is 6.23 Å². The van der Waals surface area contributed by atoms with E-state index in [0.717, 1.165) is 5.04 Å². The van der Waals surface area contributed by atoms with Gasteiger partial charge in [-0.05, 0) is 6.92 Å². The SMILES string of the molecule is CC1=NC([O])CS1. The van der Waals surface area contributed by atoms with Crippen LogP contribution in [0.5, 0.6) is 0 Å². The summed E-state index contributed by atoms with van der Waals surface area (Å²) in [6.45, 7) is 1.86. The first kappa shape index (κ1) is 5.12. The van der Waals surface area contributed by atoms with Gasteiger partial charge >= 0.3 is 0 Å². The summed E-state index contributed by atoms with van der Waals surface area (Å²) in [5.41, 5.74) is 0. The molecule has 1 unspecified atom stereocenters. The number of hydrogen-bond donors (Lipinski definition) is 0. The number of rotatable bonds is 0. The average Bonchev–Trinajstić information content (AvgIpc) is 1.87. The molecule has 1 aliphatic heterocycles. The summed E-state index contributed by atoms with van der Waals surface area (Å²) >= 11 is 1.54. The smallest absolute Gasteiger partial charge is 0.192 e. The minimum Gasteiger partial charge on any atom is -0.248 e. The molecule has 0 aromatic heterocycles. The van der Waals surface area contributed by atoms with Crippen molar-refractivity contribution in [1.82, 2.24) is 0 Å². The van der Waals surface area contributed by atoms with E-state index in [4.69, 9.17) is 0 Å². The second kappa shape index (κ2) is 1.84. The fourth-order valence-corrected chi connectivity index (χ4v) is 1.12. The molecule has 1 heterocycles. The van der Waals surface area contributed by atoms with Gasteiger partial charge in [0, 0.05) is 5.75 Å². The second-order valence-corrected chi connectivity index (χ2v) is 2.63. The van der Waals surface area contributed by atoms with Gasteiger partial charge in [0.2, 0.25) is 0 Å². The molecule has 0 aromatic carbocycles. The minimum atomic E-state index is -0.676. The lowest BCUT2D eigenvalue weighted by molar-refractivity contribution is 0.120. The molecule has 0 amide bonds. The Balaban J connectivity index is 2.50. The molecule has 3 heteroatoms. The topological polar surface area (TPSA) is 32.3 Å². The van der Waals surface area contributed by atoms with E-state index in [9.17, 15) is 5.11 Å². The summed E-state index contributed by atoms with van der Waals surface area (Å²) in [5, 5.41) is 11.3. The lowest BCUT2D eigenvalue weighted by Gasteiger charge is -1.83. The van der Waals surface area contributed by atoms with Crippen LogP contribution in [0, 0.1) is 0 Å². The molecule has 0 aromatic rings. The monoisotopic (exact) mass is 116 g/mol. The molecule has 1 aliphatic rings. The maximum Gasteiger partial charge on any atom is 0.192 e. The van der Waals surface area contributed by atoms with E-state index >= 15 is 0 Å². The van der Waals surface area contributed by atoms with Gasteiger partial charge < -0.3 is 0 Å². The van der Waals surface area contributed by atoms with Crippen molar-refractivity contribution in [1.29, 1.82) is 0 Å². The largest absolute Gasteiger partial charge is 0.248 e. The molecule has 1 radical (unpaired) electrons. The molecule has 0 N–H and O–H groups in total. The molecule has 0 aliphatic carbocycles. The van der Waals surface area contributed by atoms with Crippen LogP contribution in [0.2, 0.25) is 0 Å². The maximum atomic E-state index is 10.3. The van der Waals surface area contributed by atoms with Gasteiger partial charge in [0.15, 0.2) is 6.23 Å². The second-order valence-electron chi connectivity index (χ2n) is 1.41. The van der Waals surface area contributed by atoms with Gasteiger partial charge in [0.05, 0.1) is 5.04 Å². The molecule has 1 rings (SSSR count). The van der Waals surface area contributed by atoms with Crippen LogP contribution in [0.3, 0.4) is 0 Å². The normalized spacial score (nSPS) is 30.6. The molecule has 7 heavy (non-hydrogen) atoms. The number of thioether (sulfide) groups is 1. The highest BCUT2D eigenvalue weighted by atomic mass is 32.2. The Morgan fingerprint density at radius 1 is 2.00 bits per heavy atom. The molecule has 0 saturated heterocycles. The van der Waals surface area contributed by atoms with E-state index in [1.165, 1.54) is 0 Å². The van der Waals surface area contributed by atoms with Crippen LogP contribution in [0.15, 0.2) is 4.99 Å². The fraction of sp³-hybridized carbons (Fsp3) is 0.750. The summed E-state index contributed by atoms with van der Waals surface area (Å²) in [7, 11) is 0. The van der Waals surface area contributed by atoms with Crippen molar-refractivity contribution < 1.29 is 5.11 Å². The zero-order valence-corrected chi connectivity index (χ0v) is 4.86. The van der Waals surface area contributed by atoms with Crippen molar-refractivity contribution in [3.63, 3.8) is 0 Å². The number of nitrogens with zero attached hydrogens (tertiary/aromatic N) is 1. The van der Waals surface area contributed by atoms with Crippen LogP contribution >= 0.6 is 11.8 Å². The Labute approximate surface area is 46.6 Å². The predicted molar refractivity (Wildman–Crippen MR) is 30.0 cm³/mol. The van der Waals surface area contributed by atoms with Crippen molar-refractivity contribution in [3.8, 4) is 0 Å². The van der Waals surface area contributed by atoms with Crippen LogP contribution in [0.4, 0.5) is 0 Å². The van der Waals surface area contributed by atoms with E-state index in [1.54, 1.807) is 11.8 Å². The Bertz CT molecular complexity index is 102. The predicted octanol–water partition coefficient (Wildman–Crippen LogP) is 0.908. The Morgan fingerprint density at radius 2 is 2.71 bits per heavy atom. The van der Waals surface area contributed by atoms with Crippen LogP contribution in [-0.4, -0.2) is 17.0 Å². The number of hydrogen-bond acceptors (Lipinski definition) is 2. The summed E-state index contributed by atoms with van der Waals surface area (Å²) in [6, 6.07) is 0. The molecule has 39 valence electrons. The van der Waals surface area contributed by atoms with E-state index in [-0.39, 0.29) is 0 Å². The van der Waals surface area contributed by atoms with Gasteiger partial charge in [-0.1, -0.05) is 0 Å². The summed E-state index contributed by atoms with van der Waals surface area (Å²) in [6.07, 6.45) is -0.676. The van der Waals surface area contributed by atoms with Crippen LogP contribution in [-0.2, 0) is 5.11 Å². The van der Waals surface area contributed by atoms with E-state index in [0.29, 0.717) is 5.75 Å². The zero-order valence-electron chi connectivity index (χ0n) is 4.05. The highest BCUT2D eigenvalue weighted by Gasteiger charge is 2.11. The van der Waals surface area contributed by atoms with Crippen molar-refractivity contribution >= 4 is 16.8 Å². The van der Waals surface area contributed by atoms with Gasteiger partial charge in [-0.25, -0.2) is 10.1 Å². The minimum absolute atomic E-state index is 0.631. The molecule has 0 fully saturated rings. The highest BCUT2D eigenvalue weighted by Crippen LogP contribution is 2.14. The Morgan fingerprint density at radius 3 is 2.86 bits per heavy atom. The third-order valence-corrected chi connectivity index (χ3v) is 1.74. The first-order chi connectivity index (χ1) is 3.29. The first-order valence-corrected chi connectivity index (χ1v) is 3.10. The molecular weight excluding hydrogens is 110 g/mol. The fourth-order valence-electron chi connectivity index (χ4n) is 0.469. The molecule has 1 atom stereocenters. The molecule has 2 nitrogen and oxygen atoms in total. The summed E-state index contributed by atoms with van der Waals surface area (Å²) < 4.78 is 0. The van der Waals surface area contributed by atoms with Gasteiger partial charge in [-0.2, -0.15) is 0 Å². The average molecular weight is 116 g/mol. The number of aliphatic imine (C=N–C) groups is 1. The Hall–Kier alpha value is -0.0200. The molecular formula is C4H6NOS. The summed E-state index contributed by atoms with van der Waals surface area (Å²) in [4.78, 5) is 3.71. The van der Waals surface area contributed by atoms with Gasteiger partial charge in [-0.3, -0.25) is 0 Å². The lowest BCUT2D eigenvalue weighted by Crippen LogP contribution is -1.95. The first-order valence-electron chi connectivity index (χ1n) is 2.12. The van der Waals surface area contributed by atoms with Gasteiger partial charge in [0.1, 0.15) is 0 Å². The van der Waals surface area contributed by atoms with Gasteiger partial charge in [0.25, 0.3) is 0 Å².